The van der Waals surface area contributed by atoms with E-state index >= 15 is 0 Å². The van der Waals surface area contributed by atoms with E-state index in [4.69, 9.17) is 11.6 Å². The van der Waals surface area contributed by atoms with Gasteiger partial charge in [0.2, 0.25) is 0 Å². The highest BCUT2D eigenvalue weighted by molar-refractivity contribution is 7.92. The van der Waals surface area contributed by atoms with Crippen LogP contribution in [0.4, 0.5) is 10.1 Å². The number of aromatic nitrogens is 1. The Morgan fingerprint density at radius 1 is 1.17 bits per heavy atom. The van der Waals surface area contributed by atoms with E-state index in [-0.39, 0.29) is 15.6 Å². The van der Waals surface area contributed by atoms with Gasteiger partial charge in [0.25, 0.3) is 10.0 Å². The fraction of sp³-hybridized carbons (Fsp3) is 0. The summed E-state index contributed by atoms with van der Waals surface area (Å²) < 4.78 is 38.9. The molecule has 0 amide bonds. The molecule has 4 nitrogen and oxygen atoms in total. The topological polar surface area (TPSA) is 59.1 Å². The Balaban J connectivity index is 2.33. The molecule has 0 unspecified atom stereocenters. The van der Waals surface area contributed by atoms with Crippen LogP contribution in [0.1, 0.15) is 0 Å². The van der Waals surface area contributed by atoms with Gasteiger partial charge in [0, 0.05) is 12.4 Å². The lowest BCUT2D eigenvalue weighted by atomic mass is 10.4. The molecular formula is C11H8ClFN2O2S. The van der Waals surface area contributed by atoms with Crippen molar-refractivity contribution in [3.8, 4) is 0 Å². The van der Waals surface area contributed by atoms with E-state index in [1.54, 1.807) is 0 Å². The molecule has 0 aliphatic heterocycles. The fourth-order valence-corrected chi connectivity index (χ4v) is 2.58. The van der Waals surface area contributed by atoms with Gasteiger partial charge in [-0.15, -0.1) is 0 Å². The minimum atomic E-state index is -3.78. The molecule has 0 aliphatic rings. The van der Waals surface area contributed by atoms with Crippen LogP contribution in [0, 0.1) is 5.82 Å². The Kier molecular flexibility index (Phi) is 3.49. The number of halogens is 2. The molecule has 7 heteroatoms. The molecule has 2 rings (SSSR count). The van der Waals surface area contributed by atoms with Crippen molar-refractivity contribution in [1.82, 2.24) is 4.98 Å². The normalized spacial score (nSPS) is 11.2. The van der Waals surface area contributed by atoms with E-state index in [0.29, 0.717) is 0 Å². The van der Waals surface area contributed by atoms with Gasteiger partial charge in [0.1, 0.15) is 5.82 Å². The van der Waals surface area contributed by atoms with Crippen LogP contribution >= 0.6 is 11.6 Å². The lowest BCUT2D eigenvalue weighted by Gasteiger charge is -2.08. The highest BCUT2D eigenvalue weighted by Gasteiger charge is 2.15. The number of benzene rings is 1. The minimum absolute atomic E-state index is 0.0446. The summed E-state index contributed by atoms with van der Waals surface area (Å²) >= 11 is 5.79. The van der Waals surface area contributed by atoms with Crippen LogP contribution in [0.15, 0.2) is 47.6 Å². The standard InChI is InChI=1S/C11H8ClFN2O2S/c12-10-7-14-6-5-11(10)15-18(16,17)9-3-1-8(13)2-4-9/h1-7H,(H,14,15). The Morgan fingerprint density at radius 3 is 2.44 bits per heavy atom. The second kappa shape index (κ2) is 4.91. The summed E-state index contributed by atoms with van der Waals surface area (Å²) in [7, 11) is -3.78. The molecule has 1 heterocycles. The van der Waals surface area contributed by atoms with Crippen molar-refractivity contribution in [2.45, 2.75) is 4.90 Å². The third kappa shape index (κ3) is 2.77. The lowest BCUT2D eigenvalue weighted by Crippen LogP contribution is -2.13. The van der Waals surface area contributed by atoms with Crippen LogP contribution in [0.25, 0.3) is 0 Å². The van der Waals surface area contributed by atoms with Crippen molar-refractivity contribution in [3.63, 3.8) is 0 Å². The van der Waals surface area contributed by atoms with Gasteiger partial charge in [-0.25, -0.2) is 12.8 Å². The molecule has 0 saturated heterocycles. The molecule has 0 saturated carbocycles. The monoisotopic (exact) mass is 286 g/mol. The van der Waals surface area contributed by atoms with E-state index in [1.165, 1.54) is 30.6 Å². The van der Waals surface area contributed by atoms with Crippen LogP contribution in [0.2, 0.25) is 5.02 Å². The Bertz CT molecular complexity index is 659. The number of pyridine rings is 1. The van der Waals surface area contributed by atoms with E-state index < -0.39 is 15.8 Å². The van der Waals surface area contributed by atoms with Gasteiger partial charge in [-0.05, 0) is 30.3 Å². The van der Waals surface area contributed by atoms with Crippen molar-refractivity contribution in [1.29, 1.82) is 0 Å². The summed E-state index contributed by atoms with van der Waals surface area (Å²) in [6.07, 6.45) is 2.73. The number of anilines is 1. The number of rotatable bonds is 3. The maximum atomic E-state index is 12.7. The van der Waals surface area contributed by atoms with Gasteiger partial charge in [0.15, 0.2) is 0 Å². The molecule has 0 aliphatic carbocycles. The predicted octanol–water partition coefficient (Wildman–Crippen LogP) is 2.67. The second-order valence-corrected chi connectivity index (χ2v) is 5.50. The highest BCUT2D eigenvalue weighted by Crippen LogP contribution is 2.22. The molecule has 1 N–H and O–H groups in total. The zero-order valence-electron chi connectivity index (χ0n) is 8.97. The van der Waals surface area contributed by atoms with Crippen LogP contribution < -0.4 is 4.72 Å². The third-order valence-corrected chi connectivity index (χ3v) is 3.82. The highest BCUT2D eigenvalue weighted by atomic mass is 35.5. The summed E-state index contributed by atoms with van der Waals surface area (Å²) in [6.45, 7) is 0. The van der Waals surface area contributed by atoms with Crippen molar-refractivity contribution in [3.05, 3.63) is 53.6 Å². The van der Waals surface area contributed by atoms with E-state index in [1.807, 2.05) is 0 Å². The minimum Gasteiger partial charge on any atom is -0.278 e. The molecule has 0 spiro atoms. The molecule has 18 heavy (non-hydrogen) atoms. The van der Waals surface area contributed by atoms with Gasteiger partial charge >= 0.3 is 0 Å². The molecule has 0 atom stereocenters. The number of hydrogen-bond acceptors (Lipinski definition) is 3. The smallest absolute Gasteiger partial charge is 0.261 e. The van der Waals surface area contributed by atoms with E-state index in [2.05, 4.69) is 9.71 Å². The zero-order chi connectivity index (χ0) is 13.2. The Labute approximate surface area is 108 Å². The lowest BCUT2D eigenvalue weighted by molar-refractivity contribution is 0.599. The van der Waals surface area contributed by atoms with Crippen LogP contribution in [-0.2, 0) is 10.0 Å². The third-order valence-electron chi connectivity index (χ3n) is 2.14. The number of sulfonamides is 1. The number of nitrogens with one attached hydrogen (secondary N) is 1. The molecule has 0 fully saturated rings. The van der Waals surface area contributed by atoms with E-state index in [0.717, 1.165) is 12.1 Å². The van der Waals surface area contributed by atoms with E-state index in [9.17, 15) is 12.8 Å². The van der Waals surface area contributed by atoms with Gasteiger partial charge in [-0.2, -0.15) is 0 Å². The largest absolute Gasteiger partial charge is 0.278 e. The zero-order valence-corrected chi connectivity index (χ0v) is 10.5. The van der Waals surface area contributed by atoms with Crippen molar-refractivity contribution < 1.29 is 12.8 Å². The van der Waals surface area contributed by atoms with Gasteiger partial charge in [-0.1, -0.05) is 11.6 Å². The Morgan fingerprint density at radius 2 is 1.83 bits per heavy atom. The number of nitrogens with zero attached hydrogens (tertiary/aromatic N) is 1. The summed E-state index contributed by atoms with van der Waals surface area (Å²) in [4.78, 5) is 3.70. The predicted molar refractivity (Wildman–Crippen MR) is 66.5 cm³/mol. The first-order chi connectivity index (χ1) is 8.49. The van der Waals surface area contributed by atoms with Gasteiger partial charge < -0.3 is 0 Å². The van der Waals surface area contributed by atoms with Crippen LogP contribution in [0.5, 0.6) is 0 Å². The molecule has 94 valence electrons. The quantitative estimate of drug-likeness (QED) is 0.944. The molecule has 0 radical (unpaired) electrons. The van der Waals surface area contributed by atoms with Gasteiger partial charge in [0.05, 0.1) is 15.6 Å². The van der Waals surface area contributed by atoms with Crippen LogP contribution in [-0.4, -0.2) is 13.4 Å². The van der Waals surface area contributed by atoms with Crippen molar-refractivity contribution in [2.75, 3.05) is 4.72 Å². The number of hydrogen-bond donors (Lipinski definition) is 1. The van der Waals surface area contributed by atoms with Crippen molar-refractivity contribution in [2.24, 2.45) is 0 Å². The second-order valence-electron chi connectivity index (χ2n) is 3.41. The fourth-order valence-electron chi connectivity index (χ4n) is 1.28. The average Bonchev–Trinajstić information content (AvgIpc) is 2.32. The first-order valence-corrected chi connectivity index (χ1v) is 6.73. The summed E-state index contributed by atoms with van der Waals surface area (Å²) in [5.41, 5.74) is 0.219. The van der Waals surface area contributed by atoms with Crippen molar-refractivity contribution >= 4 is 27.3 Å². The summed E-state index contributed by atoms with van der Waals surface area (Å²) in [6, 6.07) is 5.92. The molecule has 0 bridgehead atoms. The molecular weight excluding hydrogens is 279 g/mol. The maximum Gasteiger partial charge on any atom is 0.261 e. The van der Waals surface area contributed by atoms with Gasteiger partial charge in [-0.3, -0.25) is 9.71 Å². The molecule has 1 aromatic carbocycles. The molecule has 2 aromatic rings. The SMILES string of the molecule is O=S(=O)(Nc1ccncc1Cl)c1ccc(F)cc1. The summed E-state index contributed by atoms with van der Waals surface area (Å²) in [5, 5.41) is 0.184. The first-order valence-electron chi connectivity index (χ1n) is 4.87. The first kappa shape index (κ1) is 12.8. The van der Waals surface area contributed by atoms with Crippen LogP contribution in [0.3, 0.4) is 0 Å². The summed E-state index contributed by atoms with van der Waals surface area (Å²) in [5.74, 6) is -0.504. The average molecular weight is 287 g/mol. The molecule has 1 aromatic heterocycles. The Hall–Kier alpha value is -1.66. The maximum absolute atomic E-state index is 12.7.